The van der Waals surface area contributed by atoms with Crippen molar-refractivity contribution in [1.29, 1.82) is 0 Å². The van der Waals surface area contributed by atoms with Crippen LogP contribution in [0.5, 0.6) is 5.88 Å². The summed E-state index contributed by atoms with van der Waals surface area (Å²) in [5, 5.41) is 5.71. The highest BCUT2D eigenvalue weighted by atomic mass is 16.5. The quantitative estimate of drug-likeness (QED) is 0.694. The first-order chi connectivity index (χ1) is 9.02. The van der Waals surface area contributed by atoms with Crippen molar-refractivity contribution in [2.45, 2.75) is 33.3 Å². The second kappa shape index (κ2) is 7.45. The molecular weight excluding hydrogens is 244 g/mol. The Bertz CT molecular complexity index is 421. The van der Waals surface area contributed by atoms with Crippen molar-refractivity contribution >= 4 is 17.4 Å². The molecule has 0 atom stereocenters. The number of pyridine rings is 1. The van der Waals surface area contributed by atoms with Gasteiger partial charge in [0.1, 0.15) is 5.82 Å². The number of anilines is 2. The van der Waals surface area contributed by atoms with Crippen LogP contribution >= 0.6 is 0 Å². The van der Waals surface area contributed by atoms with E-state index in [2.05, 4.69) is 15.6 Å². The first-order valence-corrected chi connectivity index (χ1v) is 6.46. The maximum atomic E-state index is 11.4. The molecule has 1 aromatic rings. The molecule has 0 aliphatic heterocycles. The average molecular weight is 266 g/mol. The third kappa shape index (κ3) is 5.46. The number of nitrogens with two attached hydrogens (primary N) is 1. The van der Waals surface area contributed by atoms with Crippen molar-refractivity contribution in [2.75, 3.05) is 24.1 Å². The van der Waals surface area contributed by atoms with Crippen molar-refractivity contribution in [3.63, 3.8) is 0 Å². The Balaban J connectivity index is 2.56. The molecule has 0 aromatic carbocycles. The molecule has 1 rings (SSSR count). The number of amides is 1. The van der Waals surface area contributed by atoms with Crippen molar-refractivity contribution in [1.82, 2.24) is 10.3 Å². The van der Waals surface area contributed by atoms with Gasteiger partial charge in [0.2, 0.25) is 11.8 Å². The maximum absolute atomic E-state index is 11.4. The molecule has 1 amide bonds. The third-order valence-corrected chi connectivity index (χ3v) is 2.24. The van der Waals surface area contributed by atoms with Crippen LogP contribution in [0.2, 0.25) is 0 Å². The van der Waals surface area contributed by atoms with Gasteiger partial charge in [0, 0.05) is 6.54 Å². The van der Waals surface area contributed by atoms with E-state index < -0.39 is 0 Å². The molecule has 0 unspecified atom stereocenters. The molecule has 19 heavy (non-hydrogen) atoms. The van der Waals surface area contributed by atoms with Crippen LogP contribution in [0, 0.1) is 0 Å². The van der Waals surface area contributed by atoms with Gasteiger partial charge in [0.15, 0.2) is 0 Å². The van der Waals surface area contributed by atoms with Crippen LogP contribution in [0.15, 0.2) is 12.1 Å². The van der Waals surface area contributed by atoms with E-state index in [0.717, 1.165) is 6.42 Å². The van der Waals surface area contributed by atoms with Gasteiger partial charge >= 0.3 is 0 Å². The highest BCUT2D eigenvalue weighted by Gasteiger charge is 2.07. The van der Waals surface area contributed by atoms with Crippen molar-refractivity contribution in [3.05, 3.63) is 12.1 Å². The number of nitrogen functional groups attached to an aromatic ring is 1. The Morgan fingerprint density at radius 1 is 1.47 bits per heavy atom. The molecule has 0 aliphatic carbocycles. The van der Waals surface area contributed by atoms with E-state index in [0.29, 0.717) is 23.9 Å². The standard InChI is InChI=1S/C13H22N4O2/c1-4-7-15-12(18)8-16-11-6-5-10(14)13(17-11)19-9(2)3/h5-6,9H,4,7-8,14H2,1-3H3,(H,15,18)(H,16,17). The van der Waals surface area contributed by atoms with E-state index >= 15 is 0 Å². The Kier molecular flexibility index (Phi) is 5.92. The molecule has 6 heteroatoms. The fourth-order valence-electron chi connectivity index (χ4n) is 1.37. The molecule has 0 spiro atoms. The first kappa shape index (κ1) is 15.1. The van der Waals surface area contributed by atoms with Crippen LogP contribution in [0.25, 0.3) is 0 Å². The van der Waals surface area contributed by atoms with Crippen LogP contribution in [0.3, 0.4) is 0 Å². The van der Waals surface area contributed by atoms with Crippen LogP contribution in [-0.4, -0.2) is 30.1 Å². The predicted molar refractivity (Wildman–Crippen MR) is 76.2 cm³/mol. The number of ether oxygens (including phenoxy) is 1. The van der Waals surface area contributed by atoms with Gasteiger partial charge in [0.05, 0.1) is 18.3 Å². The highest BCUT2D eigenvalue weighted by molar-refractivity contribution is 5.80. The van der Waals surface area contributed by atoms with Gasteiger partial charge in [-0.3, -0.25) is 4.79 Å². The summed E-state index contributed by atoms with van der Waals surface area (Å²) in [4.78, 5) is 15.7. The smallest absolute Gasteiger partial charge is 0.239 e. The molecular formula is C13H22N4O2. The topological polar surface area (TPSA) is 89.3 Å². The Morgan fingerprint density at radius 3 is 2.84 bits per heavy atom. The van der Waals surface area contributed by atoms with Gasteiger partial charge in [-0.15, -0.1) is 0 Å². The van der Waals surface area contributed by atoms with Gasteiger partial charge in [-0.05, 0) is 32.4 Å². The minimum Gasteiger partial charge on any atom is -0.473 e. The summed E-state index contributed by atoms with van der Waals surface area (Å²) >= 11 is 0. The lowest BCUT2D eigenvalue weighted by Gasteiger charge is -2.13. The zero-order valence-electron chi connectivity index (χ0n) is 11.7. The lowest BCUT2D eigenvalue weighted by Crippen LogP contribution is -2.30. The van der Waals surface area contributed by atoms with Crippen molar-refractivity contribution in [3.8, 4) is 5.88 Å². The lowest BCUT2D eigenvalue weighted by atomic mass is 10.4. The highest BCUT2D eigenvalue weighted by Crippen LogP contribution is 2.21. The Hall–Kier alpha value is -1.98. The molecule has 0 fully saturated rings. The lowest BCUT2D eigenvalue weighted by molar-refractivity contribution is -0.119. The monoisotopic (exact) mass is 266 g/mol. The summed E-state index contributed by atoms with van der Waals surface area (Å²) in [6.45, 7) is 6.67. The molecule has 0 bridgehead atoms. The summed E-state index contributed by atoms with van der Waals surface area (Å²) in [7, 11) is 0. The molecule has 0 radical (unpaired) electrons. The summed E-state index contributed by atoms with van der Waals surface area (Å²) < 4.78 is 5.48. The molecule has 4 N–H and O–H groups in total. The zero-order chi connectivity index (χ0) is 14.3. The van der Waals surface area contributed by atoms with E-state index in [-0.39, 0.29) is 18.6 Å². The number of rotatable bonds is 7. The second-order valence-corrected chi connectivity index (χ2v) is 4.46. The van der Waals surface area contributed by atoms with Crippen LogP contribution in [-0.2, 0) is 4.79 Å². The molecule has 1 aromatic heterocycles. The number of nitrogens with zero attached hydrogens (tertiary/aromatic N) is 1. The van der Waals surface area contributed by atoms with E-state index in [1.165, 1.54) is 0 Å². The van der Waals surface area contributed by atoms with E-state index in [1.54, 1.807) is 12.1 Å². The van der Waals surface area contributed by atoms with Gasteiger partial charge in [-0.2, -0.15) is 4.98 Å². The summed E-state index contributed by atoms with van der Waals surface area (Å²) in [6, 6.07) is 3.42. The zero-order valence-corrected chi connectivity index (χ0v) is 11.7. The van der Waals surface area contributed by atoms with Crippen molar-refractivity contribution < 1.29 is 9.53 Å². The number of hydrogen-bond acceptors (Lipinski definition) is 5. The van der Waals surface area contributed by atoms with E-state index in [1.807, 2.05) is 20.8 Å². The number of aromatic nitrogens is 1. The van der Waals surface area contributed by atoms with Crippen LogP contribution in [0.4, 0.5) is 11.5 Å². The van der Waals surface area contributed by atoms with Gasteiger partial charge in [0.25, 0.3) is 0 Å². The van der Waals surface area contributed by atoms with Crippen LogP contribution in [0.1, 0.15) is 27.2 Å². The number of nitrogens with one attached hydrogen (secondary N) is 2. The van der Waals surface area contributed by atoms with Gasteiger partial charge in [-0.25, -0.2) is 0 Å². The molecule has 6 nitrogen and oxygen atoms in total. The van der Waals surface area contributed by atoms with Gasteiger partial charge in [-0.1, -0.05) is 6.92 Å². The second-order valence-electron chi connectivity index (χ2n) is 4.46. The summed E-state index contributed by atoms with van der Waals surface area (Å²) in [5.74, 6) is 0.886. The molecule has 0 saturated heterocycles. The number of carbonyl (C=O) groups excluding carboxylic acids is 1. The first-order valence-electron chi connectivity index (χ1n) is 6.46. The predicted octanol–water partition coefficient (Wildman–Crippen LogP) is 1.39. The number of hydrogen-bond donors (Lipinski definition) is 3. The Labute approximate surface area is 113 Å². The molecule has 1 heterocycles. The molecule has 0 saturated carbocycles. The van der Waals surface area contributed by atoms with Crippen molar-refractivity contribution in [2.24, 2.45) is 0 Å². The number of carbonyl (C=O) groups is 1. The van der Waals surface area contributed by atoms with E-state index in [9.17, 15) is 4.79 Å². The summed E-state index contributed by atoms with van der Waals surface area (Å²) in [6.07, 6.45) is 0.913. The minimum atomic E-state index is -0.0631. The fraction of sp³-hybridized carbons (Fsp3) is 0.538. The minimum absolute atomic E-state index is 0.00194. The SMILES string of the molecule is CCCNC(=O)CNc1ccc(N)c(OC(C)C)n1. The molecule has 0 aliphatic rings. The van der Waals surface area contributed by atoms with Gasteiger partial charge < -0.3 is 21.1 Å². The van der Waals surface area contributed by atoms with Crippen LogP contribution < -0.4 is 21.1 Å². The largest absolute Gasteiger partial charge is 0.473 e. The Morgan fingerprint density at radius 2 is 2.21 bits per heavy atom. The third-order valence-electron chi connectivity index (χ3n) is 2.24. The average Bonchev–Trinajstić information content (AvgIpc) is 2.36. The maximum Gasteiger partial charge on any atom is 0.239 e. The fourth-order valence-corrected chi connectivity index (χ4v) is 1.37. The van der Waals surface area contributed by atoms with E-state index in [4.69, 9.17) is 10.5 Å². The normalized spacial score (nSPS) is 10.3. The summed E-state index contributed by atoms with van der Waals surface area (Å²) in [5.41, 5.74) is 6.25. The molecule has 106 valence electrons.